The smallest absolute Gasteiger partial charge is 0.265 e. The Balaban J connectivity index is 1.37. The highest BCUT2D eigenvalue weighted by atomic mass is 32.1. The Morgan fingerprint density at radius 3 is 2.58 bits per heavy atom. The van der Waals surface area contributed by atoms with E-state index in [1.54, 1.807) is 0 Å². The first-order valence-electron chi connectivity index (χ1n) is 10.8. The molecule has 1 aliphatic heterocycles. The van der Waals surface area contributed by atoms with Crippen molar-refractivity contribution < 1.29 is 4.79 Å². The third kappa shape index (κ3) is 3.95. The lowest BCUT2D eigenvalue weighted by atomic mass is 10.1. The quantitative estimate of drug-likeness (QED) is 0.447. The number of thiophene rings is 1. The van der Waals surface area contributed by atoms with Crippen LogP contribution in [0.25, 0.3) is 10.2 Å². The maximum atomic E-state index is 13.0. The Morgan fingerprint density at radius 2 is 1.84 bits per heavy atom. The van der Waals surface area contributed by atoms with E-state index in [0.717, 1.165) is 40.3 Å². The van der Waals surface area contributed by atoms with Crippen molar-refractivity contribution >= 4 is 38.8 Å². The van der Waals surface area contributed by atoms with Gasteiger partial charge in [-0.05, 0) is 62.1 Å². The highest BCUT2D eigenvalue weighted by Crippen LogP contribution is 2.30. The molecule has 0 bridgehead atoms. The van der Waals surface area contributed by atoms with Gasteiger partial charge in [-0.25, -0.2) is 0 Å². The predicted molar refractivity (Wildman–Crippen MR) is 128 cm³/mol. The van der Waals surface area contributed by atoms with Gasteiger partial charge in [0.1, 0.15) is 4.83 Å². The van der Waals surface area contributed by atoms with Gasteiger partial charge < -0.3 is 10.2 Å². The van der Waals surface area contributed by atoms with E-state index < -0.39 is 0 Å². The fourth-order valence-electron chi connectivity index (χ4n) is 4.23. The van der Waals surface area contributed by atoms with Gasteiger partial charge in [0.05, 0.1) is 17.1 Å². The summed E-state index contributed by atoms with van der Waals surface area (Å²) in [5, 5.41) is 8.84. The summed E-state index contributed by atoms with van der Waals surface area (Å²) < 4.78 is 2.00. The van der Waals surface area contributed by atoms with Gasteiger partial charge in [-0.3, -0.25) is 9.48 Å². The van der Waals surface area contributed by atoms with E-state index in [0.29, 0.717) is 11.4 Å². The van der Waals surface area contributed by atoms with Crippen molar-refractivity contribution in [2.24, 2.45) is 0 Å². The van der Waals surface area contributed by atoms with Gasteiger partial charge in [0.2, 0.25) is 0 Å². The molecule has 0 aliphatic carbocycles. The van der Waals surface area contributed by atoms with E-state index in [1.165, 1.54) is 35.4 Å². The molecule has 1 amide bonds. The second kappa shape index (κ2) is 8.19. The molecule has 2 aromatic carbocycles. The van der Waals surface area contributed by atoms with Crippen molar-refractivity contribution in [1.29, 1.82) is 0 Å². The number of amides is 1. The largest absolute Gasteiger partial charge is 0.372 e. The van der Waals surface area contributed by atoms with E-state index >= 15 is 0 Å². The number of fused-ring (bicyclic) bond motifs is 1. The normalized spacial score (nSPS) is 13.8. The molecule has 1 fully saturated rings. The number of carbonyl (C=O) groups excluding carboxylic acids is 1. The molecule has 2 aromatic heterocycles. The Morgan fingerprint density at radius 1 is 1.06 bits per heavy atom. The van der Waals surface area contributed by atoms with Crippen molar-refractivity contribution in [3.05, 3.63) is 76.3 Å². The van der Waals surface area contributed by atoms with Crippen LogP contribution in [-0.4, -0.2) is 28.8 Å². The molecule has 1 aliphatic rings. The molecule has 3 heterocycles. The van der Waals surface area contributed by atoms with Crippen LogP contribution in [0.3, 0.4) is 0 Å². The minimum absolute atomic E-state index is 0.0658. The van der Waals surface area contributed by atoms with Crippen molar-refractivity contribution in [1.82, 2.24) is 9.78 Å². The van der Waals surface area contributed by atoms with E-state index in [4.69, 9.17) is 0 Å². The first-order valence-corrected chi connectivity index (χ1v) is 11.6. The molecule has 1 N–H and O–H groups in total. The lowest BCUT2D eigenvalue weighted by Gasteiger charge is -2.19. The maximum Gasteiger partial charge on any atom is 0.265 e. The summed E-state index contributed by atoms with van der Waals surface area (Å²) >= 11 is 1.50. The summed E-state index contributed by atoms with van der Waals surface area (Å²) in [6.45, 7) is 6.99. The molecule has 0 atom stereocenters. The number of nitrogens with one attached hydrogen (secondary N) is 1. The molecule has 1 saturated heterocycles. The van der Waals surface area contributed by atoms with Gasteiger partial charge in [-0.15, -0.1) is 11.3 Å². The number of nitrogens with zero attached hydrogens (tertiary/aromatic N) is 3. The fourth-order valence-corrected chi connectivity index (χ4v) is 5.29. The Labute approximate surface area is 186 Å². The van der Waals surface area contributed by atoms with Gasteiger partial charge in [0.25, 0.3) is 5.91 Å². The van der Waals surface area contributed by atoms with Gasteiger partial charge in [-0.2, -0.15) is 5.10 Å². The van der Waals surface area contributed by atoms with Crippen molar-refractivity contribution in [3.63, 3.8) is 0 Å². The van der Waals surface area contributed by atoms with Crippen molar-refractivity contribution in [3.8, 4) is 0 Å². The summed E-state index contributed by atoms with van der Waals surface area (Å²) in [6, 6.07) is 18.6. The van der Waals surface area contributed by atoms with E-state index in [2.05, 4.69) is 46.5 Å². The van der Waals surface area contributed by atoms with E-state index in [1.807, 2.05) is 41.9 Å². The van der Waals surface area contributed by atoms with Gasteiger partial charge in [-0.1, -0.05) is 30.3 Å². The average molecular weight is 431 g/mol. The molecule has 0 saturated carbocycles. The number of aromatic nitrogens is 2. The SMILES string of the molecule is Cc1cc(N2CCCC2)ccc1NC(=O)c1cc2c(C)nn(Cc3ccccc3)c2s1. The minimum atomic E-state index is -0.0658. The maximum absolute atomic E-state index is 13.0. The highest BCUT2D eigenvalue weighted by Gasteiger charge is 2.18. The van der Waals surface area contributed by atoms with Crippen molar-refractivity contribution in [2.45, 2.75) is 33.2 Å². The molecule has 158 valence electrons. The lowest BCUT2D eigenvalue weighted by molar-refractivity contribution is 0.103. The number of rotatable bonds is 5. The highest BCUT2D eigenvalue weighted by molar-refractivity contribution is 7.20. The second-order valence-corrected chi connectivity index (χ2v) is 9.24. The number of hydrogen-bond donors (Lipinski definition) is 1. The molecule has 5 rings (SSSR count). The summed E-state index contributed by atoms with van der Waals surface area (Å²) in [7, 11) is 0. The van der Waals surface area contributed by atoms with Gasteiger partial charge in [0, 0.05) is 29.9 Å². The number of aryl methyl sites for hydroxylation is 2. The third-order valence-electron chi connectivity index (χ3n) is 5.94. The monoisotopic (exact) mass is 430 g/mol. The summed E-state index contributed by atoms with van der Waals surface area (Å²) in [5.74, 6) is -0.0658. The summed E-state index contributed by atoms with van der Waals surface area (Å²) in [5.41, 5.74) is 5.34. The Hall–Kier alpha value is -3.12. The van der Waals surface area contributed by atoms with Crippen LogP contribution in [0.2, 0.25) is 0 Å². The van der Waals surface area contributed by atoms with Crippen LogP contribution in [0.5, 0.6) is 0 Å². The average Bonchev–Trinajstić information content (AvgIpc) is 3.50. The number of carbonyl (C=O) groups is 1. The van der Waals surface area contributed by atoms with Crippen LogP contribution < -0.4 is 10.2 Å². The Kier molecular flexibility index (Phi) is 5.24. The van der Waals surface area contributed by atoms with Crippen LogP contribution in [0.1, 0.15) is 39.3 Å². The van der Waals surface area contributed by atoms with Crippen molar-refractivity contribution in [2.75, 3.05) is 23.3 Å². The third-order valence-corrected chi connectivity index (χ3v) is 7.08. The zero-order chi connectivity index (χ0) is 21.4. The first-order chi connectivity index (χ1) is 15.1. The number of hydrogen-bond acceptors (Lipinski definition) is 4. The zero-order valence-electron chi connectivity index (χ0n) is 17.9. The molecule has 5 nitrogen and oxygen atoms in total. The molecule has 4 aromatic rings. The first kappa shape index (κ1) is 19.8. The molecular formula is C25H26N4OS. The van der Waals surface area contributed by atoms with E-state index in [-0.39, 0.29) is 5.91 Å². The van der Waals surface area contributed by atoms with Gasteiger partial charge >= 0.3 is 0 Å². The van der Waals surface area contributed by atoms with E-state index in [9.17, 15) is 4.79 Å². The molecule has 0 radical (unpaired) electrons. The standard InChI is InChI=1S/C25H26N4OS/c1-17-14-20(28-12-6-7-13-28)10-11-22(17)26-24(30)23-15-21-18(2)27-29(25(21)31-23)16-19-8-4-3-5-9-19/h3-5,8-11,14-15H,6-7,12-13,16H2,1-2H3,(H,26,30). The summed E-state index contributed by atoms with van der Waals surface area (Å²) in [4.78, 5) is 17.2. The summed E-state index contributed by atoms with van der Waals surface area (Å²) in [6.07, 6.45) is 2.51. The van der Waals surface area contributed by atoms with Crippen LogP contribution in [-0.2, 0) is 6.54 Å². The molecule has 31 heavy (non-hydrogen) atoms. The molecule has 0 spiro atoms. The molecule has 0 unspecified atom stereocenters. The number of benzene rings is 2. The molecular weight excluding hydrogens is 404 g/mol. The fraction of sp³-hybridized carbons (Fsp3) is 0.280. The van der Waals surface area contributed by atoms with Gasteiger partial charge in [0.15, 0.2) is 0 Å². The molecule has 6 heteroatoms. The minimum Gasteiger partial charge on any atom is -0.372 e. The van der Waals surface area contributed by atoms with Crippen LogP contribution in [0, 0.1) is 13.8 Å². The van der Waals surface area contributed by atoms with Crippen LogP contribution in [0.15, 0.2) is 54.6 Å². The van der Waals surface area contributed by atoms with Crippen LogP contribution >= 0.6 is 11.3 Å². The Bertz CT molecular complexity index is 1240. The van der Waals surface area contributed by atoms with Crippen LogP contribution in [0.4, 0.5) is 11.4 Å². The topological polar surface area (TPSA) is 50.2 Å². The zero-order valence-corrected chi connectivity index (χ0v) is 18.7. The predicted octanol–water partition coefficient (Wildman–Crippen LogP) is 5.62. The lowest BCUT2D eigenvalue weighted by Crippen LogP contribution is -2.18. The number of anilines is 2. The second-order valence-electron chi connectivity index (χ2n) is 8.21.